The second kappa shape index (κ2) is 6.16. The van der Waals surface area contributed by atoms with Crippen LogP contribution in [0, 0.1) is 0 Å². The fourth-order valence-corrected chi connectivity index (χ4v) is 2.56. The summed E-state index contributed by atoms with van der Waals surface area (Å²) in [5, 5.41) is 1.15. The summed E-state index contributed by atoms with van der Waals surface area (Å²) in [5.74, 6) is 0.897. The SMILES string of the molecule is C1=NCCOc2ccc(-c3cnc4ccccc4c3)cc21.Cl. The molecule has 0 saturated carbocycles. The Morgan fingerprint density at radius 3 is 2.82 bits per heavy atom. The highest BCUT2D eigenvalue weighted by atomic mass is 35.5. The first-order chi connectivity index (χ1) is 10.4. The van der Waals surface area contributed by atoms with E-state index < -0.39 is 0 Å². The van der Waals surface area contributed by atoms with Crippen molar-refractivity contribution < 1.29 is 4.74 Å². The van der Waals surface area contributed by atoms with Gasteiger partial charge in [-0.1, -0.05) is 24.3 Å². The van der Waals surface area contributed by atoms with Gasteiger partial charge < -0.3 is 4.74 Å². The van der Waals surface area contributed by atoms with E-state index in [-0.39, 0.29) is 12.4 Å². The van der Waals surface area contributed by atoms with Gasteiger partial charge in [-0.25, -0.2) is 0 Å². The van der Waals surface area contributed by atoms with Crippen LogP contribution < -0.4 is 4.74 Å². The summed E-state index contributed by atoms with van der Waals surface area (Å²) in [6.45, 7) is 1.35. The van der Waals surface area contributed by atoms with Gasteiger partial charge in [0.05, 0.1) is 12.1 Å². The van der Waals surface area contributed by atoms with Crippen LogP contribution in [0.15, 0.2) is 59.7 Å². The Hall–Kier alpha value is -2.39. The lowest BCUT2D eigenvalue weighted by molar-refractivity contribution is 0.331. The van der Waals surface area contributed by atoms with E-state index in [9.17, 15) is 0 Å². The summed E-state index contributed by atoms with van der Waals surface area (Å²) in [6.07, 6.45) is 3.80. The molecule has 0 bridgehead atoms. The lowest BCUT2D eigenvalue weighted by Gasteiger charge is -2.08. The molecule has 0 aliphatic carbocycles. The lowest BCUT2D eigenvalue weighted by atomic mass is 10.0. The number of benzene rings is 2. The van der Waals surface area contributed by atoms with Crippen LogP contribution in [-0.2, 0) is 0 Å². The summed E-state index contributed by atoms with van der Waals surface area (Å²) in [7, 11) is 0. The Morgan fingerprint density at radius 2 is 1.86 bits per heavy atom. The number of hydrogen-bond acceptors (Lipinski definition) is 3. The fourth-order valence-electron chi connectivity index (χ4n) is 2.56. The van der Waals surface area contributed by atoms with Crippen molar-refractivity contribution in [2.75, 3.05) is 13.2 Å². The number of pyridine rings is 1. The molecule has 0 spiro atoms. The molecule has 2 heterocycles. The molecule has 0 unspecified atom stereocenters. The zero-order valence-corrected chi connectivity index (χ0v) is 12.7. The first-order valence-electron chi connectivity index (χ1n) is 7.02. The second-order valence-electron chi connectivity index (χ2n) is 5.05. The molecule has 0 atom stereocenters. The maximum Gasteiger partial charge on any atom is 0.128 e. The van der Waals surface area contributed by atoms with Crippen molar-refractivity contribution in [1.29, 1.82) is 0 Å². The van der Waals surface area contributed by atoms with Crippen LogP contribution in [0.25, 0.3) is 22.0 Å². The average molecular weight is 311 g/mol. The Balaban J connectivity index is 0.00000144. The van der Waals surface area contributed by atoms with Crippen LogP contribution in [0.5, 0.6) is 5.75 Å². The van der Waals surface area contributed by atoms with Crippen LogP contribution in [-0.4, -0.2) is 24.4 Å². The van der Waals surface area contributed by atoms with Crippen LogP contribution in [0.3, 0.4) is 0 Å². The molecule has 1 aliphatic heterocycles. The van der Waals surface area contributed by atoms with Gasteiger partial charge in [0, 0.05) is 28.9 Å². The largest absolute Gasteiger partial charge is 0.491 e. The van der Waals surface area contributed by atoms with Crippen molar-refractivity contribution in [2.45, 2.75) is 0 Å². The summed E-state index contributed by atoms with van der Waals surface area (Å²) >= 11 is 0. The number of aliphatic imine (C=N–C) groups is 1. The predicted molar refractivity (Wildman–Crippen MR) is 92.4 cm³/mol. The number of ether oxygens (including phenoxy) is 1. The molecule has 3 aromatic rings. The topological polar surface area (TPSA) is 34.5 Å². The van der Waals surface area contributed by atoms with Crippen LogP contribution in [0.2, 0.25) is 0 Å². The summed E-state index contributed by atoms with van der Waals surface area (Å²) < 4.78 is 5.67. The molecule has 0 fully saturated rings. The molecule has 110 valence electrons. The second-order valence-corrected chi connectivity index (χ2v) is 5.05. The van der Waals surface area contributed by atoms with Gasteiger partial charge in [-0.3, -0.25) is 9.98 Å². The van der Waals surface area contributed by atoms with Crippen molar-refractivity contribution in [3.05, 3.63) is 60.3 Å². The highest BCUT2D eigenvalue weighted by Crippen LogP contribution is 2.28. The molecule has 22 heavy (non-hydrogen) atoms. The van der Waals surface area contributed by atoms with Crippen molar-refractivity contribution in [1.82, 2.24) is 4.98 Å². The highest BCUT2D eigenvalue weighted by Gasteiger charge is 2.08. The molecule has 4 rings (SSSR count). The Morgan fingerprint density at radius 1 is 0.955 bits per heavy atom. The van der Waals surface area contributed by atoms with E-state index in [0.717, 1.165) is 33.3 Å². The third-order valence-electron chi connectivity index (χ3n) is 3.64. The predicted octanol–water partition coefficient (Wildman–Crippen LogP) is 4.13. The van der Waals surface area contributed by atoms with Gasteiger partial charge in [0.2, 0.25) is 0 Å². The van der Waals surface area contributed by atoms with Gasteiger partial charge in [-0.2, -0.15) is 0 Å². The van der Waals surface area contributed by atoms with E-state index in [1.165, 1.54) is 0 Å². The van der Waals surface area contributed by atoms with E-state index in [1.54, 1.807) is 0 Å². The molecule has 1 aromatic heterocycles. The molecule has 2 aromatic carbocycles. The van der Waals surface area contributed by atoms with E-state index >= 15 is 0 Å². The van der Waals surface area contributed by atoms with E-state index in [1.807, 2.05) is 36.7 Å². The van der Waals surface area contributed by atoms with Crippen molar-refractivity contribution in [2.24, 2.45) is 4.99 Å². The monoisotopic (exact) mass is 310 g/mol. The normalized spacial score (nSPS) is 12.9. The zero-order chi connectivity index (χ0) is 14.1. The standard InChI is InChI=1S/C18H14N2O.ClH/c1-2-4-17-14(3-1)10-15(12-20-17)13-5-6-18-16(9-13)11-19-7-8-21-18;/h1-6,9-12H,7-8H2;1H. The van der Waals surface area contributed by atoms with Crippen molar-refractivity contribution in [3.63, 3.8) is 0 Å². The van der Waals surface area contributed by atoms with Gasteiger partial charge in [-0.15, -0.1) is 12.4 Å². The Kier molecular flexibility index (Phi) is 4.07. The molecule has 0 saturated heterocycles. The zero-order valence-electron chi connectivity index (χ0n) is 11.9. The molecular formula is C18H15ClN2O. The fraction of sp³-hybridized carbons (Fsp3) is 0.111. The lowest BCUT2D eigenvalue weighted by Crippen LogP contribution is -1.99. The van der Waals surface area contributed by atoms with Crippen molar-refractivity contribution >= 4 is 29.5 Å². The quantitative estimate of drug-likeness (QED) is 0.677. The van der Waals surface area contributed by atoms with Crippen molar-refractivity contribution in [3.8, 4) is 16.9 Å². The Labute approximate surface area is 135 Å². The molecule has 0 N–H and O–H groups in total. The minimum Gasteiger partial charge on any atom is -0.491 e. The molecule has 4 heteroatoms. The number of fused-ring (bicyclic) bond motifs is 2. The minimum atomic E-state index is 0. The van der Waals surface area contributed by atoms with Gasteiger partial charge in [-0.05, 0) is 29.8 Å². The summed E-state index contributed by atoms with van der Waals surface area (Å²) in [5.41, 5.74) is 4.28. The molecule has 0 amide bonds. The molecular weight excluding hydrogens is 296 g/mol. The van der Waals surface area contributed by atoms with Crippen LogP contribution in [0.4, 0.5) is 0 Å². The van der Waals surface area contributed by atoms with Gasteiger partial charge in [0.1, 0.15) is 12.4 Å². The smallest absolute Gasteiger partial charge is 0.128 e. The molecule has 0 radical (unpaired) electrons. The third-order valence-corrected chi connectivity index (χ3v) is 3.64. The minimum absolute atomic E-state index is 0. The van der Waals surface area contributed by atoms with Crippen LogP contribution in [0.1, 0.15) is 5.56 Å². The van der Waals surface area contributed by atoms with E-state index in [2.05, 4.69) is 34.2 Å². The van der Waals surface area contributed by atoms with E-state index in [0.29, 0.717) is 13.2 Å². The number of nitrogens with zero attached hydrogens (tertiary/aromatic N) is 2. The van der Waals surface area contributed by atoms with Crippen LogP contribution >= 0.6 is 12.4 Å². The number of para-hydroxylation sites is 1. The molecule has 3 nitrogen and oxygen atoms in total. The summed E-state index contributed by atoms with van der Waals surface area (Å²) in [6, 6.07) is 16.5. The van der Waals surface area contributed by atoms with E-state index in [4.69, 9.17) is 4.74 Å². The maximum atomic E-state index is 5.67. The average Bonchev–Trinajstić information content (AvgIpc) is 2.79. The maximum absolute atomic E-state index is 5.67. The number of halogens is 1. The Bertz CT molecular complexity index is 845. The third kappa shape index (κ3) is 2.68. The number of hydrogen-bond donors (Lipinski definition) is 0. The van der Waals surface area contributed by atoms with Gasteiger partial charge in [0.25, 0.3) is 0 Å². The number of rotatable bonds is 1. The van der Waals surface area contributed by atoms with Gasteiger partial charge in [0.15, 0.2) is 0 Å². The molecule has 1 aliphatic rings. The first kappa shape index (κ1) is 14.5. The first-order valence-corrected chi connectivity index (χ1v) is 7.02. The van der Waals surface area contributed by atoms with Gasteiger partial charge >= 0.3 is 0 Å². The number of aromatic nitrogens is 1. The summed E-state index contributed by atoms with van der Waals surface area (Å²) in [4.78, 5) is 8.85. The highest BCUT2D eigenvalue weighted by molar-refractivity contribution is 5.88.